The SMILES string of the molecule is Cc1cc(F)ccc1CC(NN)C1C(C)(C)C1(C)C. The molecule has 0 radical (unpaired) electrons. The van der Waals surface area contributed by atoms with E-state index in [1.807, 2.05) is 13.0 Å². The Kier molecular flexibility index (Phi) is 3.48. The number of hydrogen-bond acceptors (Lipinski definition) is 2. The second-order valence-electron chi connectivity index (χ2n) is 6.97. The Bertz CT molecular complexity index is 466. The van der Waals surface area contributed by atoms with Gasteiger partial charge in [-0.1, -0.05) is 33.8 Å². The molecule has 0 amide bonds. The topological polar surface area (TPSA) is 38.0 Å². The maximum absolute atomic E-state index is 13.1. The van der Waals surface area contributed by atoms with E-state index in [1.165, 1.54) is 11.6 Å². The molecule has 1 aromatic carbocycles. The molecule has 106 valence electrons. The molecule has 3 N–H and O–H groups in total. The molecule has 0 bridgehead atoms. The molecule has 1 aliphatic rings. The molecular formula is C16H25FN2. The number of nitrogens with one attached hydrogen (secondary N) is 1. The smallest absolute Gasteiger partial charge is 0.123 e. The van der Waals surface area contributed by atoms with Gasteiger partial charge < -0.3 is 0 Å². The molecule has 1 atom stereocenters. The Balaban J connectivity index is 2.17. The van der Waals surface area contributed by atoms with Gasteiger partial charge in [0.25, 0.3) is 0 Å². The number of aryl methyl sites for hydroxylation is 1. The van der Waals surface area contributed by atoms with Crippen molar-refractivity contribution in [2.45, 2.75) is 47.1 Å². The van der Waals surface area contributed by atoms with E-state index in [2.05, 4.69) is 33.1 Å². The van der Waals surface area contributed by atoms with Crippen LogP contribution >= 0.6 is 0 Å². The largest absolute Gasteiger partial charge is 0.271 e. The average molecular weight is 264 g/mol. The van der Waals surface area contributed by atoms with Crippen molar-refractivity contribution in [1.82, 2.24) is 5.43 Å². The van der Waals surface area contributed by atoms with Crippen LogP contribution in [0.25, 0.3) is 0 Å². The van der Waals surface area contributed by atoms with Gasteiger partial charge in [0, 0.05) is 6.04 Å². The van der Waals surface area contributed by atoms with Crippen molar-refractivity contribution in [3.63, 3.8) is 0 Å². The van der Waals surface area contributed by atoms with Crippen LogP contribution in [0, 0.1) is 29.5 Å². The molecule has 19 heavy (non-hydrogen) atoms. The predicted octanol–water partition coefficient (Wildman–Crippen LogP) is 3.19. The van der Waals surface area contributed by atoms with Crippen LogP contribution in [0.2, 0.25) is 0 Å². The summed E-state index contributed by atoms with van der Waals surface area (Å²) in [7, 11) is 0. The van der Waals surface area contributed by atoms with Crippen molar-refractivity contribution in [3.05, 3.63) is 35.1 Å². The van der Waals surface area contributed by atoms with E-state index in [1.54, 1.807) is 6.07 Å². The van der Waals surface area contributed by atoms with Crippen LogP contribution in [0.5, 0.6) is 0 Å². The molecule has 2 nitrogen and oxygen atoms in total. The van der Waals surface area contributed by atoms with Crippen molar-refractivity contribution < 1.29 is 4.39 Å². The van der Waals surface area contributed by atoms with E-state index in [0.717, 1.165) is 12.0 Å². The fraction of sp³-hybridized carbons (Fsp3) is 0.625. The molecule has 0 heterocycles. The molecule has 1 unspecified atom stereocenters. The van der Waals surface area contributed by atoms with E-state index in [4.69, 9.17) is 5.84 Å². The van der Waals surface area contributed by atoms with Gasteiger partial charge in [-0.15, -0.1) is 0 Å². The fourth-order valence-electron chi connectivity index (χ4n) is 3.65. The first kappa shape index (κ1) is 14.5. The minimum atomic E-state index is -0.175. The fourth-order valence-corrected chi connectivity index (χ4v) is 3.65. The molecule has 1 aromatic rings. The van der Waals surface area contributed by atoms with Crippen LogP contribution in [0.4, 0.5) is 4.39 Å². The number of halogens is 1. The molecule has 1 saturated carbocycles. The van der Waals surface area contributed by atoms with Crippen molar-refractivity contribution in [1.29, 1.82) is 0 Å². The second kappa shape index (κ2) is 4.57. The van der Waals surface area contributed by atoms with Gasteiger partial charge in [0.15, 0.2) is 0 Å². The Labute approximate surface area is 115 Å². The van der Waals surface area contributed by atoms with Gasteiger partial charge in [-0.25, -0.2) is 4.39 Å². The maximum atomic E-state index is 13.1. The van der Waals surface area contributed by atoms with Crippen LogP contribution in [-0.4, -0.2) is 6.04 Å². The van der Waals surface area contributed by atoms with Gasteiger partial charge in [-0.3, -0.25) is 11.3 Å². The zero-order valence-electron chi connectivity index (χ0n) is 12.5. The highest BCUT2D eigenvalue weighted by Gasteiger charge is 2.66. The lowest BCUT2D eigenvalue weighted by molar-refractivity contribution is 0.401. The lowest BCUT2D eigenvalue weighted by Gasteiger charge is -2.19. The van der Waals surface area contributed by atoms with Crippen LogP contribution in [0.15, 0.2) is 18.2 Å². The van der Waals surface area contributed by atoms with Gasteiger partial charge in [0.1, 0.15) is 5.82 Å². The molecule has 0 saturated heterocycles. The third-order valence-corrected chi connectivity index (χ3v) is 5.49. The minimum absolute atomic E-state index is 0.175. The maximum Gasteiger partial charge on any atom is 0.123 e. The summed E-state index contributed by atoms with van der Waals surface area (Å²) in [6, 6.07) is 5.22. The van der Waals surface area contributed by atoms with Gasteiger partial charge in [0.05, 0.1) is 0 Å². The summed E-state index contributed by atoms with van der Waals surface area (Å²) < 4.78 is 13.1. The van der Waals surface area contributed by atoms with Crippen LogP contribution in [0.3, 0.4) is 0 Å². The van der Waals surface area contributed by atoms with E-state index in [0.29, 0.717) is 5.92 Å². The van der Waals surface area contributed by atoms with Gasteiger partial charge in [0.2, 0.25) is 0 Å². The summed E-state index contributed by atoms with van der Waals surface area (Å²) in [4.78, 5) is 0. The highest BCUT2D eigenvalue weighted by atomic mass is 19.1. The first-order valence-electron chi connectivity index (χ1n) is 6.93. The van der Waals surface area contributed by atoms with Crippen molar-refractivity contribution in [3.8, 4) is 0 Å². The van der Waals surface area contributed by atoms with Crippen molar-refractivity contribution in [2.75, 3.05) is 0 Å². The normalized spacial score (nSPS) is 22.3. The molecule has 0 spiro atoms. The molecule has 3 heteroatoms. The zero-order chi connectivity index (χ0) is 14.4. The molecular weight excluding hydrogens is 239 g/mol. The summed E-state index contributed by atoms with van der Waals surface area (Å²) >= 11 is 0. The molecule has 0 aromatic heterocycles. The van der Waals surface area contributed by atoms with Gasteiger partial charge >= 0.3 is 0 Å². The quantitative estimate of drug-likeness (QED) is 0.647. The molecule has 2 rings (SSSR count). The minimum Gasteiger partial charge on any atom is -0.271 e. The van der Waals surface area contributed by atoms with E-state index in [9.17, 15) is 4.39 Å². The number of rotatable bonds is 4. The number of benzene rings is 1. The van der Waals surface area contributed by atoms with Crippen molar-refractivity contribution in [2.24, 2.45) is 22.6 Å². The zero-order valence-corrected chi connectivity index (χ0v) is 12.5. The van der Waals surface area contributed by atoms with E-state index >= 15 is 0 Å². The molecule has 1 fully saturated rings. The molecule has 0 aliphatic heterocycles. The first-order valence-corrected chi connectivity index (χ1v) is 6.93. The number of hydrogen-bond donors (Lipinski definition) is 2. The summed E-state index contributed by atoms with van der Waals surface area (Å²) in [5.41, 5.74) is 5.72. The van der Waals surface area contributed by atoms with Crippen LogP contribution in [0.1, 0.15) is 38.8 Å². The van der Waals surface area contributed by atoms with Crippen molar-refractivity contribution >= 4 is 0 Å². The second-order valence-corrected chi connectivity index (χ2v) is 6.97. The summed E-state index contributed by atoms with van der Waals surface area (Å²) in [6.07, 6.45) is 0.847. The highest BCUT2D eigenvalue weighted by Crippen LogP contribution is 2.69. The lowest BCUT2D eigenvalue weighted by atomic mass is 9.95. The summed E-state index contributed by atoms with van der Waals surface area (Å²) in [6.45, 7) is 11.1. The monoisotopic (exact) mass is 264 g/mol. The summed E-state index contributed by atoms with van der Waals surface area (Å²) in [5.74, 6) is 6.12. The van der Waals surface area contributed by atoms with E-state index < -0.39 is 0 Å². The third kappa shape index (κ3) is 2.30. The first-order chi connectivity index (χ1) is 8.71. The standard InChI is InChI=1S/C16H25FN2/c1-10-8-12(17)7-6-11(10)9-13(19-18)14-15(2,3)16(14,4)5/h6-8,13-14,19H,9,18H2,1-5H3. The number of hydrazine groups is 1. The van der Waals surface area contributed by atoms with E-state index in [-0.39, 0.29) is 22.7 Å². The number of nitrogens with two attached hydrogens (primary N) is 1. The highest BCUT2D eigenvalue weighted by molar-refractivity contribution is 5.29. The average Bonchev–Trinajstić information content (AvgIpc) is 2.70. The predicted molar refractivity (Wildman–Crippen MR) is 77.0 cm³/mol. The van der Waals surface area contributed by atoms with Crippen LogP contribution < -0.4 is 11.3 Å². The Morgan fingerprint density at radius 2 is 1.84 bits per heavy atom. The molecule has 1 aliphatic carbocycles. The Hall–Kier alpha value is -0.930. The van der Waals surface area contributed by atoms with Gasteiger partial charge in [-0.05, 0) is 53.4 Å². The lowest BCUT2D eigenvalue weighted by Crippen LogP contribution is -2.40. The van der Waals surface area contributed by atoms with Crippen LogP contribution in [-0.2, 0) is 6.42 Å². The summed E-state index contributed by atoms with van der Waals surface area (Å²) in [5, 5.41) is 0. The third-order valence-electron chi connectivity index (χ3n) is 5.49. The van der Waals surface area contributed by atoms with Gasteiger partial charge in [-0.2, -0.15) is 0 Å². The Morgan fingerprint density at radius 3 is 2.26 bits per heavy atom. The Morgan fingerprint density at radius 1 is 1.26 bits per heavy atom.